The molecule has 1 aliphatic carbocycles. The molecule has 1 saturated heterocycles. The minimum absolute atomic E-state index is 0.0351. The zero-order valence-corrected chi connectivity index (χ0v) is 14.2. The third kappa shape index (κ3) is 2.96. The summed E-state index contributed by atoms with van der Waals surface area (Å²) < 4.78 is 7.20. The van der Waals surface area contributed by atoms with Gasteiger partial charge in [0.25, 0.3) is 0 Å². The number of nitrogens with zero attached hydrogens (tertiary/aromatic N) is 4. The molecule has 2 aliphatic rings. The summed E-state index contributed by atoms with van der Waals surface area (Å²) in [4.78, 5) is 19.1. The molecule has 0 spiro atoms. The molecular formula is C17H23N5O2. The van der Waals surface area contributed by atoms with Crippen molar-refractivity contribution in [3.05, 3.63) is 18.0 Å². The molecule has 0 unspecified atom stereocenters. The quantitative estimate of drug-likeness (QED) is 0.934. The number of rotatable bonds is 4. The van der Waals surface area contributed by atoms with Crippen LogP contribution in [0.5, 0.6) is 0 Å². The lowest BCUT2D eigenvalue weighted by Gasteiger charge is -2.25. The van der Waals surface area contributed by atoms with Gasteiger partial charge in [0.2, 0.25) is 0 Å². The van der Waals surface area contributed by atoms with Gasteiger partial charge in [-0.1, -0.05) is 0 Å². The summed E-state index contributed by atoms with van der Waals surface area (Å²) in [6.45, 7) is 4.30. The lowest BCUT2D eigenvalue weighted by atomic mass is 10.1. The molecule has 1 atom stereocenters. The van der Waals surface area contributed by atoms with Crippen molar-refractivity contribution in [2.24, 2.45) is 13.0 Å². The number of carbonyl (C=O) groups excluding carboxylic acids is 1. The molecule has 2 amide bonds. The zero-order chi connectivity index (χ0) is 16.7. The van der Waals surface area contributed by atoms with Gasteiger partial charge in [-0.05, 0) is 32.3 Å². The number of anilines is 1. The summed E-state index contributed by atoms with van der Waals surface area (Å²) >= 11 is 0. The molecule has 1 N–H and O–H groups in total. The number of aryl methyl sites for hydroxylation is 2. The molecule has 2 aromatic rings. The Bertz CT molecular complexity index is 762. The number of ether oxygens (including phenoxy) is 1. The van der Waals surface area contributed by atoms with Crippen LogP contribution in [0, 0.1) is 12.8 Å². The number of hydrogen-bond donors (Lipinski definition) is 1. The second kappa shape index (κ2) is 6.05. The van der Waals surface area contributed by atoms with E-state index in [2.05, 4.69) is 15.4 Å². The van der Waals surface area contributed by atoms with Gasteiger partial charge in [-0.2, -0.15) is 5.10 Å². The van der Waals surface area contributed by atoms with E-state index in [9.17, 15) is 4.79 Å². The number of pyridine rings is 1. The van der Waals surface area contributed by atoms with E-state index in [-0.39, 0.29) is 6.03 Å². The minimum Gasteiger partial charge on any atom is -0.381 e. The molecule has 128 valence electrons. The Morgan fingerprint density at radius 1 is 1.46 bits per heavy atom. The first-order valence-corrected chi connectivity index (χ1v) is 8.56. The highest BCUT2D eigenvalue weighted by Gasteiger charge is 2.35. The van der Waals surface area contributed by atoms with Crippen LogP contribution >= 0.6 is 0 Å². The SMILES string of the molecule is Cc1nn(C)c2ncc(NC(=O)N(C[C@H]3CCOC3)C3CC3)cc12. The standard InChI is InChI=1S/C17H23N5O2/c1-11-15-7-13(8-18-16(15)21(2)20-11)19-17(23)22(14-3-4-14)9-12-5-6-24-10-12/h7-8,12,14H,3-6,9-10H2,1-2H3,(H,19,23)/t12-/m1/s1. The van der Waals surface area contributed by atoms with Crippen molar-refractivity contribution in [3.63, 3.8) is 0 Å². The normalized spacial score (nSPS) is 20.5. The van der Waals surface area contributed by atoms with E-state index in [1.807, 2.05) is 24.9 Å². The molecule has 1 aliphatic heterocycles. The summed E-state index contributed by atoms with van der Waals surface area (Å²) in [6, 6.07) is 2.29. The van der Waals surface area contributed by atoms with Crippen LogP contribution in [0.15, 0.2) is 12.3 Å². The topological polar surface area (TPSA) is 72.3 Å². The van der Waals surface area contributed by atoms with Gasteiger partial charge in [0.05, 0.1) is 24.2 Å². The summed E-state index contributed by atoms with van der Waals surface area (Å²) in [5, 5.41) is 8.35. The van der Waals surface area contributed by atoms with Crippen molar-refractivity contribution in [1.82, 2.24) is 19.7 Å². The second-order valence-electron chi connectivity index (χ2n) is 6.85. The molecule has 7 nitrogen and oxygen atoms in total. The summed E-state index contributed by atoms with van der Waals surface area (Å²) in [7, 11) is 1.87. The van der Waals surface area contributed by atoms with Crippen LogP contribution in [-0.4, -0.2) is 51.5 Å². The van der Waals surface area contributed by atoms with Gasteiger partial charge in [0.15, 0.2) is 5.65 Å². The van der Waals surface area contributed by atoms with E-state index in [1.165, 1.54) is 0 Å². The molecule has 3 heterocycles. The molecular weight excluding hydrogens is 306 g/mol. The fourth-order valence-electron chi connectivity index (χ4n) is 3.36. The Morgan fingerprint density at radius 2 is 2.29 bits per heavy atom. The highest BCUT2D eigenvalue weighted by Crippen LogP contribution is 2.30. The number of aromatic nitrogens is 3. The Labute approximate surface area is 141 Å². The number of nitrogens with one attached hydrogen (secondary N) is 1. The van der Waals surface area contributed by atoms with Crippen LogP contribution in [0.2, 0.25) is 0 Å². The summed E-state index contributed by atoms with van der Waals surface area (Å²) in [6.07, 6.45) is 4.93. The fourth-order valence-corrected chi connectivity index (χ4v) is 3.36. The summed E-state index contributed by atoms with van der Waals surface area (Å²) in [5.41, 5.74) is 2.46. The molecule has 7 heteroatoms. The van der Waals surface area contributed by atoms with Gasteiger partial charge < -0.3 is 15.0 Å². The number of hydrogen-bond acceptors (Lipinski definition) is 4. The Hall–Kier alpha value is -2.15. The number of urea groups is 1. The van der Waals surface area contributed by atoms with Crippen molar-refractivity contribution in [1.29, 1.82) is 0 Å². The van der Waals surface area contributed by atoms with Gasteiger partial charge in [0, 0.05) is 37.5 Å². The summed E-state index contributed by atoms with van der Waals surface area (Å²) in [5.74, 6) is 0.456. The van der Waals surface area contributed by atoms with Crippen LogP contribution in [0.4, 0.5) is 10.5 Å². The predicted molar refractivity (Wildman–Crippen MR) is 90.9 cm³/mol. The third-order valence-corrected chi connectivity index (χ3v) is 4.84. The van der Waals surface area contributed by atoms with Gasteiger partial charge in [-0.15, -0.1) is 0 Å². The monoisotopic (exact) mass is 329 g/mol. The van der Waals surface area contributed by atoms with Crippen LogP contribution in [0.25, 0.3) is 11.0 Å². The highest BCUT2D eigenvalue weighted by atomic mass is 16.5. The van der Waals surface area contributed by atoms with Crippen molar-refractivity contribution in [2.75, 3.05) is 25.1 Å². The highest BCUT2D eigenvalue weighted by molar-refractivity contribution is 5.92. The lowest BCUT2D eigenvalue weighted by Crippen LogP contribution is -2.40. The molecule has 0 bridgehead atoms. The third-order valence-electron chi connectivity index (χ3n) is 4.84. The molecule has 0 aromatic carbocycles. The first-order valence-electron chi connectivity index (χ1n) is 8.56. The van der Waals surface area contributed by atoms with E-state index < -0.39 is 0 Å². The van der Waals surface area contributed by atoms with Crippen molar-refractivity contribution in [2.45, 2.75) is 32.2 Å². The van der Waals surface area contributed by atoms with Crippen LogP contribution in [0.1, 0.15) is 25.0 Å². The number of fused-ring (bicyclic) bond motifs is 1. The molecule has 4 rings (SSSR count). The number of carbonyl (C=O) groups is 1. The second-order valence-corrected chi connectivity index (χ2v) is 6.85. The average Bonchev–Trinajstić information content (AvgIpc) is 3.19. The molecule has 24 heavy (non-hydrogen) atoms. The Morgan fingerprint density at radius 3 is 3.00 bits per heavy atom. The first-order chi connectivity index (χ1) is 11.6. The zero-order valence-electron chi connectivity index (χ0n) is 14.2. The Kier molecular flexibility index (Phi) is 3.88. The average molecular weight is 329 g/mol. The smallest absolute Gasteiger partial charge is 0.322 e. The first kappa shape index (κ1) is 15.4. The molecule has 2 aromatic heterocycles. The molecule has 1 saturated carbocycles. The maximum atomic E-state index is 12.7. The fraction of sp³-hybridized carbons (Fsp3) is 0.588. The van der Waals surface area contributed by atoms with Crippen LogP contribution < -0.4 is 5.32 Å². The predicted octanol–water partition coefficient (Wildman–Crippen LogP) is 2.31. The number of amides is 2. The molecule has 2 fully saturated rings. The van der Waals surface area contributed by atoms with Crippen molar-refractivity contribution >= 4 is 22.8 Å². The van der Waals surface area contributed by atoms with E-state index >= 15 is 0 Å². The van der Waals surface area contributed by atoms with Gasteiger partial charge in [-0.25, -0.2) is 9.78 Å². The van der Waals surface area contributed by atoms with Gasteiger partial charge in [-0.3, -0.25) is 4.68 Å². The van der Waals surface area contributed by atoms with E-state index in [0.717, 1.165) is 61.4 Å². The minimum atomic E-state index is -0.0351. The van der Waals surface area contributed by atoms with Gasteiger partial charge >= 0.3 is 6.03 Å². The largest absolute Gasteiger partial charge is 0.381 e. The molecule has 0 radical (unpaired) electrons. The van der Waals surface area contributed by atoms with Crippen molar-refractivity contribution < 1.29 is 9.53 Å². The van der Waals surface area contributed by atoms with E-state index in [0.29, 0.717) is 12.0 Å². The van der Waals surface area contributed by atoms with E-state index in [4.69, 9.17) is 4.74 Å². The maximum absolute atomic E-state index is 12.7. The maximum Gasteiger partial charge on any atom is 0.322 e. The van der Waals surface area contributed by atoms with Gasteiger partial charge in [0.1, 0.15) is 0 Å². The van der Waals surface area contributed by atoms with Crippen LogP contribution in [0.3, 0.4) is 0 Å². The van der Waals surface area contributed by atoms with Crippen molar-refractivity contribution in [3.8, 4) is 0 Å². The lowest BCUT2D eigenvalue weighted by molar-refractivity contribution is 0.167. The van der Waals surface area contributed by atoms with Crippen LogP contribution in [-0.2, 0) is 11.8 Å². The van der Waals surface area contributed by atoms with E-state index in [1.54, 1.807) is 10.9 Å². The Balaban J connectivity index is 1.50.